The molecular weight excluding hydrogens is 391 g/mol. The number of amides is 2. The Balaban J connectivity index is 1.62. The maximum Gasteiger partial charge on any atom is 0.329 e. The molecule has 0 aliphatic rings. The lowest BCUT2D eigenvalue weighted by molar-refractivity contribution is -0.136. The SMILES string of the molecule is O=C(N/N=C/c1c[nH]c2ccc(Br)cc12)C(=O)Nc1ccc(F)cc1. The Labute approximate surface area is 150 Å². The molecule has 0 fully saturated rings. The van der Waals surface area contributed by atoms with E-state index in [0.29, 0.717) is 5.69 Å². The fraction of sp³-hybridized carbons (Fsp3) is 0. The minimum atomic E-state index is -0.929. The molecule has 1 heterocycles. The molecule has 3 aromatic rings. The molecule has 2 aromatic carbocycles. The molecule has 2 amide bonds. The number of H-pyrrole nitrogens is 1. The van der Waals surface area contributed by atoms with Gasteiger partial charge in [-0.2, -0.15) is 5.10 Å². The number of hydrogen-bond donors (Lipinski definition) is 3. The summed E-state index contributed by atoms with van der Waals surface area (Å²) in [6, 6.07) is 10.8. The molecule has 3 N–H and O–H groups in total. The Bertz CT molecular complexity index is 966. The summed E-state index contributed by atoms with van der Waals surface area (Å²) in [5, 5.41) is 7.06. The van der Waals surface area contributed by atoms with Crippen molar-refractivity contribution in [3.8, 4) is 0 Å². The molecule has 0 radical (unpaired) electrons. The van der Waals surface area contributed by atoms with Crippen LogP contribution in [0.4, 0.5) is 10.1 Å². The van der Waals surface area contributed by atoms with Crippen molar-refractivity contribution in [3.05, 3.63) is 64.5 Å². The van der Waals surface area contributed by atoms with Gasteiger partial charge in [-0.3, -0.25) is 9.59 Å². The molecule has 1 aromatic heterocycles. The van der Waals surface area contributed by atoms with E-state index >= 15 is 0 Å². The maximum atomic E-state index is 12.8. The van der Waals surface area contributed by atoms with Gasteiger partial charge in [-0.05, 0) is 42.5 Å². The molecule has 0 aliphatic carbocycles. The van der Waals surface area contributed by atoms with Gasteiger partial charge in [0, 0.05) is 32.8 Å². The van der Waals surface area contributed by atoms with Crippen LogP contribution in [-0.4, -0.2) is 23.0 Å². The topological polar surface area (TPSA) is 86.3 Å². The molecule has 8 heteroatoms. The van der Waals surface area contributed by atoms with Crippen LogP contribution in [-0.2, 0) is 9.59 Å². The highest BCUT2D eigenvalue weighted by Crippen LogP contribution is 2.21. The fourth-order valence-electron chi connectivity index (χ4n) is 2.15. The van der Waals surface area contributed by atoms with Crippen molar-refractivity contribution >= 4 is 50.5 Å². The largest absolute Gasteiger partial charge is 0.361 e. The minimum absolute atomic E-state index is 0.312. The summed E-state index contributed by atoms with van der Waals surface area (Å²) in [4.78, 5) is 26.6. The third kappa shape index (κ3) is 4.10. The number of hydrazone groups is 1. The van der Waals surface area contributed by atoms with Crippen LogP contribution in [0, 0.1) is 5.82 Å². The molecule has 25 heavy (non-hydrogen) atoms. The first kappa shape index (κ1) is 16.8. The lowest BCUT2D eigenvalue weighted by Gasteiger charge is -2.03. The maximum absolute atomic E-state index is 12.8. The highest BCUT2D eigenvalue weighted by molar-refractivity contribution is 9.10. The van der Waals surface area contributed by atoms with Gasteiger partial charge in [0.1, 0.15) is 5.82 Å². The molecule has 6 nitrogen and oxygen atoms in total. The van der Waals surface area contributed by atoms with E-state index in [1.54, 1.807) is 6.20 Å². The first-order valence-corrected chi connectivity index (χ1v) is 7.99. The average Bonchev–Trinajstić information content (AvgIpc) is 2.99. The summed E-state index contributed by atoms with van der Waals surface area (Å²) in [7, 11) is 0. The van der Waals surface area contributed by atoms with Crippen LogP contribution in [0.5, 0.6) is 0 Å². The number of carbonyl (C=O) groups is 2. The van der Waals surface area contributed by atoms with Gasteiger partial charge >= 0.3 is 11.8 Å². The van der Waals surface area contributed by atoms with E-state index in [9.17, 15) is 14.0 Å². The van der Waals surface area contributed by atoms with Crippen molar-refractivity contribution in [2.24, 2.45) is 5.10 Å². The second kappa shape index (κ2) is 7.27. The predicted molar refractivity (Wildman–Crippen MR) is 96.8 cm³/mol. The first-order chi connectivity index (χ1) is 12.0. The summed E-state index contributed by atoms with van der Waals surface area (Å²) >= 11 is 3.39. The molecular formula is C17H12BrFN4O2. The smallest absolute Gasteiger partial charge is 0.329 e. The second-order valence-corrected chi connectivity index (χ2v) is 6.01. The van der Waals surface area contributed by atoms with E-state index in [1.165, 1.54) is 30.5 Å². The summed E-state index contributed by atoms with van der Waals surface area (Å²) in [5.74, 6) is -2.26. The van der Waals surface area contributed by atoms with Gasteiger partial charge in [0.05, 0.1) is 6.21 Å². The van der Waals surface area contributed by atoms with E-state index < -0.39 is 17.6 Å². The zero-order valence-electron chi connectivity index (χ0n) is 12.7. The van der Waals surface area contributed by atoms with E-state index in [2.05, 4.69) is 36.8 Å². The summed E-state index contributed by atoms with van der Waals surface area (Å²) < 4.78 is 13.7. The highest BCUT2D eigenvalue weighted by atomic mass is 79.9. The van der Waals surface area contributed by atoms with Crippen molar-refractivity contribution in [1.29, 1.82) is 0 Å². The normalized spacial score (nSPS) is 11.0. The van der Waals surface area contributed by atoms with Crippen LogP contribution in [0.1, 0.15) is 5.56 Å². The first-order valence-electron chi connectivity index (χ1n) is 7.19. The zero-order valence-corrected chi connectivity index (χ0v) is 14.3. The minimum Gasteiger partial charge on any atom is -0.361 e. The Morgan fingerprint density at radius 3 is 2.64 bits per heavy atom. The number of benzene rings is 2. The molecule has 3 rings (SSSR count). The number of fused-ring (bicyclic) bond motifs is 1. The van der Waals surface area contributed by atoms with E-state index in [-0.39, 0.29) is 0 Å². The van der Waals surface area contributed by atoms with Gasteiger partial charge in [0.15, 0.2) is 0 Å². The summed E-state index contributed by atoms with van der Waals surface area (Å²) in [5.41, 5.74) is 4.14. The number of rotatable bonds is 3. The Hall–Kier alpha value is -3.00. The molecule has 0 spiro atoms. The fourth-order valence-corrected chi connectivity index (χ4v) is 2.51. The number of anilines is 1. The number of carbonyl (C=O) groups excluding carboxylic acids is 2. The summed E-state index contributed by atoms with van der Waals surface area (Å²) in [6.07, 6.45) is 3.18. The average molecular weight is 403 g/mol. The van der Waals surface area contributed by atoms with Crippen LogP contribution in [0.3, 0.4) is 0 Å². The Morgan fingerprint density at radius 1 is 1.12 bits per heavy atom. The number of aromatic nitrogens is 1. The molecule has 0 bridgehead atoms. The molecule has 126 valence electrons. The lowest BCUT2D eigenvalue weighted by Crippen LogP contribution is -2.32. The predicted octanol–water partition coefficient (Wildman–Crippen LogP) is 3.16. The van der Waals surface area contributed by atoms with Crippen LogP contribution < -0.4 is 10.7 Å². The quantitative estimate of drug-likeness (QED) is 0.357. The third-order valence-corrected chi connectivity index (χ3v) is 3.85. The standard InChI is InChI=1S/C17H12BrFN4O2/c18-11-1-6-15-14(7-11)10(8-20-15)9-21-23-17(25)16(24)22-13-4-2-12(19)3-5-13/h1-9,20H,(H,22,24)(H,23,25)/b21-9+. The highest BCUT2D eigenvalue weighted by Gasteiger charge is 2.12. The molecule has 0 saturated carbocycles. The van der Waals surface area contributed by atoms with Crippen molar-refractivity contribution in [1.82, 2.24) is 10.4 Å². The van der Waals surface area contributed by atoms with Crippen LogP contribution in [0.2, 0.25) is 0 Å². The van der Waals surface area contributed by atoms with Gasteiger partial charge in [-0.25, -0.2) is 9.82 Å². The second-order valence-electron chi connectivity index (χ2n) is 5.09. The van der Waals surface area contributed by atoms with Crippen molar-refractivity contribution in [2.75, 3.05) is 5.32 Å². The molecule has 0 atom stereocenters. The molecule has 0 unspecified atom stereocenters. The van der Waals surface area contributed by atoms with Crippen molar-refractivity contribution in [2.45, 2.75) is 0 Å². The number of aromatic amines is 1. The van der Waals surface area contributed by atoms with E-state index in [4.69, 9.17) is 0 Å². The lowest BCUT2D eigenvalue weighted by atomic mass is 10.2. The third-order valence-electron chi connectivity index (χ3n) is 3.35. The number of hydrogen-bond acceptors (Lipinski definition) is 3. The van der Waals surface area contributed by atoms with Gasteiger partial charge in [-0.1, -0.05) is 15.9 Å². The van der Waals surface area contributed by atoms with Crippen LogP contribution in [0.25, 0.3) is 10.9 Å². The summed E-state index contributed by atoms with van der Waals surface area (Å²) in [6.45, 7) is 0. The van der Waals surface area contributed by atoms with E-state index in [0.717, 1.165) is 20.9 Å². The molecule has 0 aliphatic heterocycles. The zero-order chi connectivity index (χ0) is 17.8. The van der Waals surface area contributed by atoms with Gasteiger partial charge in [-0.15, -0.1) is 0 Å². The number of nitrogens with zero attached hydrogens (tertiary/aromatic N) is 1. The van der Waals surface area contributed by atoms with Crippen LogP contribution in [0.15, 0.2) is 58.2 Å². The Morgan fingerprint density at radius 2 is 1.88 bits per heavy atom. The van der Waals surface area contributed by atoms with Crippen molar-refractivity contribution in [3.63, 3.8) is 0 Å². The number of nitrogens with one attached hydrogen (secondary N) is 3. The molecule has 0 saturated heterocycles. The van der Waals surface area contributed by atoms with Gasteiger partial charge in [0.25, 0.3) is 0 Å². The number of halogens is 2. The van der Waals surface area contributed by atoms with E-state index in [1.807, 2.05) is 18.2 Å². The van der Waals surface area contributed by atoms with Gasteiger partial charge in [0.2, 0.25) is 0 Å². The Kier molecular flexibility index (Phi) is 4.90. The van der Waals surface area contributed by atoms with Crippen molar-refractivity contribution < 1.29 is 14.0 Å². The van der Waals surface area contributed by atoms with Crippen LogP contribution >= 0.6 is 15.9 Å². The monoisotopic (exact) mass is 402 g/mol. The van der Waals surface area contributed by atoms with Gasteiger partial charge < -0.3 is 10.3 Å².